The van der Waals surface area contributed by atoms with Crippen LogP contribution in [-0.4, -0.2) is 50.2 Å². The smallest absolute Gasteiger partial charge is 0.254 e. The first-order chi connectivity index (χ1) is 9.99. The largest absolute Gasteiger partial charge is 0.493 e. The summed E-state index contributed by atoms with van der Waals surface area (Å²) in [5.74, 6) is 1.24. The third-order valence-corrected chi connectivity index (χ3v) is 3.90. The predicted octanol–water partition coefficient (Wildman–Crippen LogP) is 1.92. The highest BCUT2D eigenvalue weighted by atomic mass is 16.5. The van der Waals surface area contributed by atoms with Crippen LogP contribution in [0, 0.1) is 0 Å². The quantitative estimate of drug-likeness (QED) is 0.924. The van der Waals surface area contributed by atoms with Gasteiger partial charge in [0.1, 0.15) is 0 Å². The van der Waals surface area contributed by atoms with Gasteiger partial charge in [0.2, 0.25) is 0 Å². The average molecular weight is 292 g/mol. The highest BCUT2D eigenvalue weighted by Crippen LogP contribution is 2.29. The maximum Gasteiger partial charge on any atom is 0.254 e. The molecular formula is C16H24N2O3. The number of ether oxygens (including phenoxy) is 2. The maximum absolute atomic E-state index is 12.8. The van der Waals surface area contributed by atoms with Crippen LogP contribution in [0.2, 0.25) is 0 Å². The van der Waals surface area contributed by atoms with Crippen LogP contribution in [-0.2, 0) is 0 Å². The monoisotopic (exact) mass is 292 g/mol. The van der Waals surface area contributed by atoms with Crippen molar-refractivity contribution in [1.82, 2.24) is 10.2 Å². The molecule has 1 fully saturated rings. The molecule has 1 aromatic rings. The highest BCUT2D eigenvalue weighted by Gasteiger charge is 2.32. The predicted molar refractivity (Wildman–Crippen MR) is 82.1 cm³/mol. The molecule has 5 heteroatoms. The summed E-state index contributed by atoms with van der Waals surface area (Å²) in [7, 11) is 3.16. The van der Waals surface area contributed by atoms with E-state index in [1.165, 1.54) is 0 Å². The number of benzene rings is 1. The molecule has 1 heterocycles. The molecule has 0 aromatic heterocycles. The second-order valence-electron chi connectivity index (χ2n) is 5.87. The third kappa shape index (κ3) is 3.29. The Morgan fingerprint density at radius 2 is 1.95 bits per heavy atom. The van der Waals surface area contributed by atoms with E-state index in [0.29, 0.717) is 17.1 Å². The minimum atomic E-state index is -0.208. The number of nitrogens with one attached hydrogen (secondary N) is 1. The number of amides is 1. The van der Waals surface area contributed by atoms with E-state index in [2.05, 4.69) is 19.2 Å². The number of hydrogen-bond donors (Lipinski definition) is 1. The molecule has 1 amide bonds. The number of hydrogen-bond acceptors (Lipinski definition) is 4. The number of methoxy groups -OCH3 is 2. The van der Waals surface area contributed by atoms with E-state index in [1.54, 1.807) is 32.4 Å². The second-order valence-corrected chi connectivity index (χ2v) is 5.87. The molecular weight excluding hydrogens is 268 g/mol. The van der Waals surface area contributed by atoms with E-state index < -0.39 is 0 Å². The first-order valence-electron chi connectivity index (χ1n) is 7.24. The molecule has 2 rings (SSSR count). The molecule has 5 nitrogen and oxygen atoms in total. The van der Waals surface area contributed by atoms with E-state index in [9.17, 15) is 4.79 Å². The molecule has 0 atom stereocenters. The Morgan fingerprint density at radius 1 is 1.24 bits per heavy atom. The van der Waals surface area contributed by atoms with Crippen molar-refractivity contribution >= 4 is 5.91 Å². The normalized spacial score (nSPS) is 18.0. The molecule has 0 saturated carbocycles. The lowest BCUT2D eigenvalue weighted by Gasteiger charge is -2.37. The zero-order valence-corrected chi connectivity index (χ0v) is 13.2. The SMILES string of the molecule is COc1ccc(C(=O)N2CCCNCC2(C)C)cc1OC. The van der Waals surface area contributed by atoms with Gasteiger partial charge in [0, 0.05) is 24.2 Å². The Labute approximate surface area is 126 Å². The minimum Gasteiger partial charge on any atom is -0.493 e. The van der Waals surface area contributed by atoms with Crippen LogP contribution < -0.4 is 14.8 Å². The Morgan fingerprint density at radius 3 is 2.62 bits per heavy atom. The molecule has 1 saturated heterocycles. The Balaban J connectivity index is 2.30. The van der Waals surface area contributed by atoms with Crippen molar-refractivity contribution in [3.05, 3.63) is 23.8 Å². The van der Waals surface area contributed by atoms with Gasteiger partial charge in [-0.1, -0.05) is 0 Å². The average Bonchev–Trinajstić information content (AvgIpc) is 2.66. The molecule has 0 spiro atoms. The lowest BCUT2D eigenvalue weighted by atomic mass is 10.0. The van der Waals surface area contributed by atoms with Gasteiger partial charge < -0.3 is 19.7 Å². The number of nitrogens with zero attached hydrogens (tertiary/aromatic N) is 1. The molecule has 1 aromatic carbocycles. The van der Waals surface area contributed by atoms with Crippen LogP contribution >= 0.6 is 0 Å². The summed E-state index contributed by atoms with van der Waals surface area (Å²) >= 11 is 0. The highest BCUT2D eigenvalue weighted by molar-refractivity contribution is 5.95. The van der Waals surface area contributed by atoms with Gasteiger partial charge in [0.15, 0.2) is 11.5 Å². The molecule has 0 radical (unpaired) electrons. The van der Waals surface area contributed by atoms with Crippen molar-refractivity contribution in [1.29, 1.82) is 0 Å². The van der Waals surface area contributed by atoms with Gasteiger partial charge in [-0.3, -0.25) is 4.79 Å². The Kier molecular flexibility index (Phi) is 4.73. The van der Waals surface area contributed by atoms with Gasteiger partial charge in [0.25, 0.3) is 5.91 Å². The summed E-state index contributed by atoms with van der Waals surface area (Å²) in [5.41, 5.74) is 0.420. The lowest BCUT2D eigenvalue weighted by molar-refractivity contribution is 0.0578. The zero-order valence-electron chi connectivity index (χ0n) is 13.2. The standard InChI is InChI=1S/C16H24N2O3/c1-16(2)11-17-8-5-9-18(16)15(19)12-6-7-13(20-3)14(10-12)21-4/h6-7,10,17H,5,8-9,11H2,1-4H3. The number of carbonyl (C=O) groups is 1. The third-order valence-electron chi connectivity index (χ3n) is 3.90. The van der Waals surface area contributed by atoms with Gasteiger partial charge in [-0.15, -0.1) is 0 Å². The van der Waals surface area contributed by atoms with Crippen molar-refractivity contribution in [2.24, 2.45) is 0 Å². The molecule has 116 valence electrons. The van der Waals surface area contributed by atoms with Crippen molar-refractivity contribution in [3.63, 3.8) is 0 Å². The summed E-state index contributed by atoms with van der Waals surface area (Å²) in [6, 6.07) is 5.31. The molecule has 21 heavy (non-hydrogen) atoms. The van der Waals surface area contributed by atoms with Crippen LogP contribution in [0.4, 0.5) is 0 Å². The van der Waals surface area contributed by atoms with Gasteiger partial charge in [-0.05, 0) is 45.0 Å². The molecule has 0 bridgehead atoms. The van der Waals surface area contributed by atoms with Gasteiger partial charge in [-0.25, -0.2) is 0 Å². The maximum atomic E-state index is 12.8. The van der Waals surface area contributed by atoms with Crippen molar-refractivity contribution < 1.29 is 14.3 Å². The van der Waals surface area contributed by atoms with Gasteiger partial charge >= 0.3 is 0 Å². The van der Waals surface area contributed by atoms with Crippen LogP contribution in [0.3, 0.4) is 0 Å². The van der Waals surface area contributed by atoms with E-state index in [0.717, 1.165) is 26.1 Å². The summed E-state index contributed by atoms with van der Waals surface area (Å²) in [5, 5.41) is 3.38. The first kappa shape index (κ1) is 15.6. The summed E-state index contributed by atoms with van der Waals surface area (Å²) < 4.78 is 10.5. The zero-order chi connectivity index (χ0) is 15.5. The minimum absolute atomic E-state index is 0.0321. The fourth-order valence-corrected chi connectivity index (χ4v) is 2.66. The van der Waals surface area contributed by atoms with Crippen LogP contribution in [0.25, 0.3) is 0 Å². The topological polar surface area (TPSA) is 50.8 Å². The summed E-state index contributed by atoms with van der Waals surface area (Å²) in [6.07, 6.45) is 0.961. The summed E-state index contributed by atoms with van der Waals surface area (Å²) in [4.78, 5) is 14.8. The molecule has 1 aliphatic heterocycles. The molecule has 1 N–H and O–H groups in total. The number of rotatable bonds is 3. The van der Waals surface area contributed by atoms with Crippen LogP contribution in [0.1, 0.15) is 30.6 Å². The van der Waals surface area contributed by atoms with Crippen molar-refractivity contribution in [2.75, 3.05) is 33.9 Å². The van der Waals surface area contributed by atoms with Gasteiger partial charge in [-0.2, -0.15) is 0 Å². The Hall–Kier alpha value is -1.75. The second kappa shape index (κ2) is 6.35. The summed E-state index contributed by atoms with van der Waals surface area (Å²) in [6.45, 7) is 6.67. The van der Waals surface area contributed by atoms with Crippen molar-refractivity contribution in [3.8, 4) is 11.5 Å². The van der Waals surface area contributed by atoms with Crippen LogP contribution in [0.5, 0.6) is 11.5 Å². The first-order valence-corrected chi connectivity index (χ1v) is 7.24. The van der Waals surface area contributed by atoms with Gasteiger partial charge in [0.05, 0.1) is 14.2 Å². The van der Waals surface area contributed by atoms with E-state index in [4.69, 9.17) is 9.47 Å². The molecule has 0 aliphatic carbocycles. The lowest BCUT2D eigenvalue weighted by Crippen LogP contribution is -2.51. The molecule has 1 aliphatic rings. The van der Waals surface area contributed by atoms with Crippen LogP contribution in [0.15, 0.2) is 18.2 Å². The van der Waals surface area contributed by atoms with E-state index >= 15 is 0 Å². The fourth-order valence-electron chi connectivity index (χ4n) is 2.66. The molecule has 0 unspecified atom stereocenters. The fraction of sp³-hybridized carbons (Fsp3) is 0.562. The van der Waals surface area contributed by atoms with E-state index in [1.807, 2.05) is 4.90 Å². The Bertz CT molecular complexity index is 514. The van der Waals surface area contributed by atoms with Crippen molar-refractivity contribution in [2.45, 2.75) is 25.8 Å². The van der Waals surface area contributed by atoms with E-state index in [-0.39, 0.29) is 11.4 Å². The number of carbonyl (C=O) groups excluding carboxylic acids is 1.